The Labute approximate surface area is 162 Å². The Morgan fingerprint density at radius 2 is 1.79 bits per heavy atom. The summed E-state index contributed by atoms with van der Waals surface area (Å²) in [6, 6.07) is 14.2. The van der Waals surface area contributed by atoms with Crippen LogP contribution in [0.2, 0.25) is 0 Å². The van der Waals surface area contributed by atoms with Gasteiger partial charge in [-0.1, -0.05) is 29.8 Å². The van der Waals surface area contributed by atoms with Crippen LogP contribution in [0, 0.1) is 6.92 Å². The standard InChI is InChI=1S/C21H19N3O3S/c1-14-5-4-6-15(9-14)17-11-20(25)24(3)19-8-7-16(10-18(17)19)28(26,27)21-12-22-13-23(21)2/h4-13H,1-3H3. The van der Waals surface area contributed by atoms with Gasteiger partial charge in [-0.25, -0.2) is 13.4 Å². The van der Waals surface area contributed by atoms with Gasteiger partial charge in [0.1, 0.15) is 0 Å². The van der Waals surface area contributed by atoms with Crippen LogP contribution in [-0.2, 0) is 23.9 Å². The number of sulfone groups is 1. The summed E-state index contributed by atoms with van der Waals surface area (Å²) in [5, 5.41) is 0.824. The Morgan fingerprint density at radius 1 is 1.00 bits per heavy atom. The lowest BCUT2D eigenvalue weighted by atomic mass is 9.99. The molecule has 0 fully saturated rings. The SMILES string of the molecule is Cc1cccc(-c2cc(=O)n(C)c3ccc(S(=O)(=O)c4cncn4C)cc23)c1. The fourth-order valence-electron chi connectivity index (χ4n) is 3.38. The van der Waals surface area contributed by atoms with Gasteiger partial charge < -0.3 is 9.13 Å². The third kappa shape index (κ3) is 2.84. The van der Waals surface area contributed by atoms with E-state index in [2.05, 4.69) is 4.98 Å². The van der Waals surface area contributed by atoms with Gasteiger partial charge in [-0.2, -0.15) is 0 Å². The predicted molar refractivity (Wildman–Crippen MR) is 108 cm³/mol. The number of hydrogen-bond donors (Lipinski definition) is 0. The summed E-state index contributed by atoms with van der Waals surface area (Å²) in [5.41, 5.74) is 3.17. The molecule has 4 aromatic rings. The minimum atomic E-state index is -3.73. The highest BCUT2D eigenvalue weighted by molar-refractivity contribution is 7.91. The summed E-state index contributed by atoms with van der Waals surface area (Å²) in [6.07, 6.45) is 2.79. The van der Waals surface area contributed by atoms with Gasteiger partial charge in [-0.05, 0) is 36.2 Å². The van der Waals surface area contributed by atoms with E-state index in [1.54, 1.807) is 32.3 Å². The van der Waals surface area contributed by atoms with Crippen molar-refractivity contribution in [3.8, 4) is 11.1 Å². The van der Waals surface area contributed by atoms with E-state index in [0.717, 1.165) is 11.1 Å². The summed E-state index contributed by atoms with van der Waals surface area (Å²) in [7, 11) is -0.413. The lowest BCUT2D eigenvalue weighted by molar-refractivity contribution is 0.586. The smallest absolute Gasteiger partial charge is 0.251 e. The molecule has 7 heteroatoms. The third-order valence-corrected chi connectivity index (χ3v) is 6.72. The summed E-state index contributed by atoms with van der Waals surface area (Å²) < 4.78 is 29.2. The van der Waals surface area contributed by atoms with Crippen LogP contribution in [0.15, 0.2) is 75.8 Å². The molecule has 0 aliphatic heterocycles. The lowest BCUT2D eigenvalue weighted by Gasteiger charge is -2.13. The van der Waals surface area contributed by atoms with E-state index in [-0.39, 0.29) is 15.5 Å². The summed E-state index contributed by atoms with van der Waals surface area (Å²) in [6.45, 7) is 1.98. The zero-order valence-electron chi connectivity index (χ0n) is 15.7. The van der Waals surface area contributed by atoms with Crippen molar-refractivity contribution in [3.63, 3.8) is 0 Å². The molecule has 0 N–H and O–H groups in total. The van der Waals surface area contributed by atoms with E-state index >= 15 is 0 Å². The van der Waals surface area contributed by atoms with E-state index in [1.165, 1.54) is 27.7 Å². The van der Waals surface area contributed by atoms with Gasteiger partial charge in [0.05, 0.1) is 22.9 Å². The minimum Gasteiger partial charge on any atom is -0.325 e. The van der Waals surface area contributed by atoms with E-state index in [4.69, 9.17) is 0 Å². The molecule has 142 valence electrons. The molecule has 6 nitrogen and oxygen atoms in total. The number of aromatic nitrogens is 3. The zero-order chi connectivity index (χ0) is 20.1. The maximum Gasteiger partial charge on any atom is 0.251 e. The fraction of sp³-hybridized carbons (Fsp3) is 0.143. The molecule has 0 spiro atoms. The average molecular weight is 393 g/mol. The molecule has 2 heterocycles. The number of hydrogen-bond acceptors (Lipinski definition) is 4. The van der Waals surface area contributed by atoms with Crippen LogP contribution in [0.4, 0.5) is 0 Å². The first-order valence-electron chi connectivity index (χ1n) is 8.71. The molecule has 0 aliphatic carbocycles. The van der Waals surface area contributed by atoms with Crippen LogP contribution >= 0.6 is 0 Å². The minimum absolute atomic E-state index is 0.119. The first-order chi connectivity index (χ1) is 13.3. The van der Waals surface area contributed by atoms with Crippen molar-refractivity contribution in [1.82, 2.24) is 14.1 Å². The van der Waals surface area contributed by atoms with Crippen molar-refractivity contribution in [2.45, 2.75) is 16.8 Å². The van der Waals surface area contributed by atoms with Crippen LogP contribution in [0.5, 0.6) is 0 Å². The van der Waals surface area contributed by atoms with Gasteiger partial charge in [-0.15, -0.1) is 0 Å². The number of fused-ring (bicyclic) bond motifs is 1. The molecule has 0 saturated carbocycles. The molecule has 4 rings (SSSR count). The molecule has 0 radical (unpaired) electrons. The second-order valence-corrected chi connectivity index (χ2v) is 8.75. The van der Waals surface area contributed by atoms with Gasteiger partial charge >= 0.3 is 0 Å². The first-order valence-corrected chi connectivity index (χ1v) is 10.2. The number of nitrogens with zero attached hydrogens (tertiary/aromatic N) is 3. The monoisotopic (exact) mass is 393 g/mol. The maximum absolute atomic E-state index is 13.1. The molecular formula is C21H19N3O3S. The second kappa shape index (κ2) is 6.45. The maximum atomic E-state index is 13.1. The van der Waals surface area contributed by atoms with E-state index in [1.807, 2.05) is 31.2 Å². The van der Waals surface area contributed by atoms with Crippen molar-refractivity contribution >= 4 is 20.7 Å². The van der Waals surface area contributed by atoms with Gasteiger partial charge in [0.2, 0.25) is 9.84 Å². The number of pyridine rings is 1. The molecular weight excluding hydrogens is 374 g/mol. The third-order valence-electron chi connectivity index (χ3n) is 4.91. The van der Waals surface area contributed by atoms with Crippen LogP contribution < -0.4 is 5.56 Å². The van der Waals surface area contributed by atoms with Gasteiger partial charge in [0, 0.05) is 25.5 Å². The van der Waals surface area contributed by atoms with Crippen LogP contribution in [0.25, 0.3) is 22.0 Å². The summed E-state index contributed by atoms with van der Waals surface area (Å²) >= 11 is 0. The highest BCUT2D eigenvalue weighted by Gasteiger charge is 2.22. The highest BCUT2D eigenvalue weighted by atomic mass is 32.2. The number of aryl methyl sites for hydroxylation is 3. The Bertz CT molecular complexity index is 1380. The number of rotatable bonds is 3. The molecule has 0 amide bonds. The van der Waals surface area contributed by atoms with Crippen molar-refractivity contribution in [3.05, 3.63) is 77.0 Å². The van der Waals surface area contributed by atoms with Crippen molar-refractivity contribution in [2.24, 2.45) is 14.1 Å². The fourth-order valence-corrected chi connectivity index (χ4v) is 4.77. The lowest BCUT2D eigenvalue weighted by Crippen LogP contribution is -2.16. The Balaban J connectivity index is 2.04. The number of imidazole rings is 1. The molecule has 28 heavy (non-hydrogen) atoms. The topological polar surface area (TPSA) is 74.0 Å². The zero-order valence-corrected chi connectivity index (χ0v) is 16.6. The van der Waals surface area contributed by atoms with Crippen LogP contribution in [0.3, 0.4) is 0 Å². The Hall–Kier alpha value is -3.19. The molecule has 0 aliphatic rings. The normalized spacial score (nSPS) is 11.8. The molecule has 0 bridgehead atoms. The van der Waals surface area contributed by atoms with Crippen LogP contribution in [0.1, 0.15) is 5.56 Å². The predicted octanol–water partition coefficient (Wildman–Crippen LogP) is 3.08. The van der Waals surface area contributed by atoms with E-state index < -0.39 is 9.84 Å². The van der Waals surface area contributed by atoms with Crippen molar-refractivity contribution in [2.75, 3.05) is 0 Å². The van der Waals surface area contributed by atoms with Gasteiger partial charge in [0.25, 0.3) is 5.56 Å². The van der Waals surface area contributed by atoms with Crippen molar-refractivity contribution < 1.29 is 8.42 Å². The molecule has 0 unspecified atom stereocenters. The molecule has 0 saturated heterocycles. The molecule has 2 aromatic heterocycles. The quantitative estimate of drug-likeness (QED) is 0.536. The largest absolute Gasteiger partial charge is 0.325 e. The average Bonchev–Trinajstić information content (AvgIpc) is 3.11. The Kier molecular flexibility index (Phi) is 4.19. The van der Waals surface area contributed by atoms with Gasteiger partial charge in [-0.3, -0.25) is 4.79 Å². The second-order valence-electron chi connectivity index (χ2n) is 6.85. The number of benzene rings is 2. The van der Waals surface area contributed by atoms with Gasteiger partial charge in [0.15, 0.2) is 5.03 Å². The highest BCUT2D eigenvalue weighted by Crippen LogP contribution is 2.31. The summed E-state index contributed by atoms with van der Waals surface area (Å²) in [4.78, 5) is 16.5. The first kappa shape index (κ1) is 18.2. The molecule has 2 aromatic carbocycles. The molecule has 0 atom stereocenters. The Morgan fingerprint density at radius 3 is 2.46 bits per heavy atom. The van der Waals surface area contributed by atoms with Crippen molar-refractivity contribution in [1.29, 1.82) is 0 Å². The van der Waals surface area contributed by atoms with E-state index in [9.17, 15) is 13.2 Å². The van der Waals surface area contributed by atoms with E-state index in [0.29, 0.717) is 16.5 Å². The summed E-state index contributed by atoms with van der Waals surface area (Å²) in [5.74, 6) is 0. The van der Waals surface area contributed by atoms with Crippen LogP contribution in [-0.4, -0.2) is 22.5 Å².